The molecule has 4 heteroatoms. The standard InChI is InChI=1S/C14H9ClN2O/c15-14-12-9-5-4-8-11(12)13(17(18)16-14)10-6-2-1-3-7-10/h1-9H. The van der Waals surface area contributed by atoms with Crippen LogP contribution < -0.4 is 4.85 Å². The van der Waals surface area contributed by atoms with Crippen LogP contribution in [0, 0.1) is 5.21 Å². The Morgan fingerprint density at radius 2 is 1.50 bits per heavy atom. The van der Waals surface area contributed by atoms with E-state index in [1.807, 2.05) is 54.6 Å². The van der Waals surface area contributed by atoms with Crippen molar-refractivity contribution < 1.29 is 4.85 Å². The Hall–Kier alpha value is -2.13. The first-order valence-corrected chi connectivity index (χ1v) is 5.88. The molecule has 0 fully saturated rings. The molecule has 0 amide bonds. The molecule has 3 rings (SSSR count). The summed E-state index contributed by atoms with van der Waals surface area (Å²) in [6, 6.07) is 16.9. The quantitative estimate of drug-likeness (QED) is 0.496. The van der Waals surface area contributed by atoms with Crippen molar-refractivity contribution in [2.75, 3.05) is 0 Å². The van der Waals surface area contributed by atoms with Crippen LogP contribution in [0.2, 0.25) is 5.15 Å². The van der Waals surface area contributed by atoms with Gasteiger partial charge in [0.25, 0.3) is 5.69 Å². The number of benzene rings is 2. The van der Waals surface area contributed by atoms with Crippen LogP contribution in [0.4, 0.5) is 0 Å². The van der Waals surface area contributed by atoms with Crippen molar-refractivity contribution in [1.29, 1.82) is 0 Å². The van der Waals surface area contributed by atoms with Gasteiger partial charge in [-0.25, -0.2) is 0 Å². The largest absolute Gasteiger partial charge is 0.594 e. The van der Waals surface area contributed by atoms with Gasteiger partial charge in [-0.15, -0.1) is 0 Å². The van der Waals surface area contributed by atoms with Crippen molar-refractivity contribution in [2.24, 2.45) is 0 Å². The third kappa shape index (κ3) is 1.69. The normalized spacial score (nSPS) is 10.7. The predicted octanol–water partition coefficient (Wildman–Crippen LogP) is 3.19. The topological polar surface area (TPSA) is 39.8 Å². The molecule has 0 spiro atoms. The SMILES string of the molecule is [O-][n+]1nc(Cl)c2ccccc2c1-c1ccccc1. The van der Waals surface area contributed by atoms with Crippen LogP contribution in [-0.2, 0) is 0 Å². The van der Waals surface area contributed by atoms with E-state index in [1.165, 1.54) is 0 Å². The van der Waals surface area contributed by atoms with E-state index in [0.717, 1.165) is 16.3 Å². The number of nitrogens with zero attached hydrogens (tertiary/aromatic N) is 2. The van der Waals surface area contributed by atoms with Crippen LogP contribution in [0.3, 0.4) is 0 Å². The molecule has 0 saturated heterocycles. The van der Waals surface area contributed by atoms with E-state index in [1.54, 1.807) is 0 Å². The Kier molecular flexibility index (Phi) is 2.61. The summed E-state index contributed by atoms with van der Waals surface area (Å²) in [5.41, 5.74) is 1.35. The molecule has 0 saturated carbocycles. The maximum atomic E-state index is 12.0. The highest BCUT2D eigenvalue weighted by molar-refractivity contribution is 6.34. The van der Waals surface area contributed by atoms with Gasteiger partial charge in [-0.1, -0.05) is 48.0 Å². The maximum absolute atomic E-state index is 12.0. The van der Waals surface area contributed by atoms with E-state index >= 15 is 0 Å². The molecule has 0 aliphatic rings. The van der Waals surface area contributed by atoms with Crippen LogP contribution in [0.15, 0.2) is 54.6 Å². The summed E-state index contributed by atoms with van der Waals surface area (Å²) >= 11 is 5.99. The molecular weight excluding hydrogens is 248 g/mol. The van der Waals surface area contributed by atoms with Crippen molar-refractivity contribution in [3.63, 3.8) is 0 Å². The molecule has 0 aliphatic heterocycles. The molecule has 0 N–H and O–H groups in total. The highest BCUT2D eigenvalue weighted by atomic mass is 35.5. The van der Waals surface area contributed by atoms with Gasteiger partial charge in [0.15, 0.2) is 0 Å². The number of hydrogen-bond donors (Lipinski definition) is 0. The maximum Gasteiger partial charge on any atom is 0.260 e. The lowest BCUT2D eigenvalue weighted by molar-refractivity contribution is -0.656. The molecule has 0 aliphatic carbocycles. The van der Waals surface area contributed by atoms with E-state index in [2.05, 4.69) is 5.10 Å². The van der Waals surface area contributed by atoms with Crippen molar-refractivity contribution in [1.82, 2.24) is 5.10 Å². The summed E-state index contributed by atoms with van der Waals surface area (Å²) in [5.74, 6) is 0. The molecule has 3 aromatic rings. The average molecular weight is 257 g/mol. The highest BCUT2D eigenvalue weighted by Crippen LogP contribution is 2.27. The monoisotopic (exact) mass is 256 g/mol. The molecule has 1 heterocycles. The molecule has 88 valence electrons. The number of halogens is 1. The first kappa shape index (κ1) is 11.0. The van der Waals surface area contributed by atoms with Gasteiger partial charge in [-0.05, 0) is 23.0 Å². The molecule has 0 radical (unpaired) electrons. The van der Waals surface area contributed by atoms with E-state index in [9.17, 15) is 5.21 Å². The molecule has 0 atom stereocenters. The second-order valence-corrected chi connectivity index (χ2v) is 4.28. The molecule has 1 aromatic heterocycles. The number of rotatable bonds is 1. The van der Waals surface area contributed by atoms with Crippen LogP contribution in [-0.4, -0.2) is 5.10 Å². The van der Waals surface area contributed by atoms with Gasteiger partial charge < -0.3 is 5.21 Å². The number of hydrogen-bond acceptors (Lipinski definition) is 2. The van der Waals surface area contributed by atoms with Crippen molar-refractivity contribution in [3.8, 4) is 11.3 Å². The van der Waals surface area contributed by atoms with E-state index in [0.29, 0.717) is 10.5 Å². The molecule has 0 unspecified atom stereocenters. The van der Waals surface area contributed by atoms with E-state index in [-0.39, 0.29) is 5.15 Å². The van der Waals surface area contributed by atoms with Gasteiger partial charge in [-0.2, -0.15) is 0 Å². The summed E-state index contributed by atoms with van der Waals surface area (Å²) in [7, 11) is 0. The van der Waals surface area contributed by atoms with Gasteiger partial charge in [0.1, 0.15) is 0 Å². The Bertz CT molecular complexity index is 714. The molecule has 0 bridgehead atoms. The fourth-order valence-corrected chi connectivity index (χ4v) is 2.25. The highest BCUT2D eigenvalue weighted by Gasteiger charge is 2.17. The fourth-order valence-electron chi connectivity index (χ4n) is 2.02. The molecule has 2 aromatic carbocycles. The summed E-state index contributed by atoms with van der Waals surface area (Å²) in [6.07, 6.45) is 0. The van der Waals surface area contributed by atoms with E-state index < -0.39 is 0 Å². The van der Waals surface area contributed by atoms with Crippen molar-refractivity contribution in [3.05, 3.63) is 65.0 Å². The smallest absolute Gasteiger partial charge is 0.260 e. The fraction of sp³-hybridized carbons (Fsp3) is 0. The molecule has 3 nitrogen and oxygen atoms in total. The lowest BCUT2D eigenvalue weighted by Gasteiger charge is -2.06. The van der Waals surface area contributed by atoms with Gasteiger partial charge in [0.2, 0.25) is 5.15 Å². The molecule has 18 heavy (non-hydrogen) atoms. The van der Waals surface area contributed by atoms with Gasteiger partial charge in [0, 0.05) is 10.5 Å². The zero-order valence-electron chi connectivity index (χ0n) is 9.38. The third-order valence-corrected chi connectivity index (χ3v) is 3.10. The summed E-state index contributed by atoms with van der Waals surface area (Å²) in [5, 5.41) is 17.6. The Morgan fingerprint density at radius 3 is 2.22 bits per heavy atom. The van der Waals surface area contributed by atoms with Crippen LogP contribution in [0.1, 0.15) is 0 Å². The summed E-state index contributed by atoms with van der Waals surface area (Å²) < 4.78 is 0. The van der Waals surface area contributed by atoms with E-state index in [4.69, 9.17) is 11.6 Å². The number of aromatic nitrogens is 2. The molecular formula is C14H9ClN2O. The Morgan fingerprint density at radius 1 is 0.889 bits per heavy atom. The minimum absolute atomic E-state index is 0.222. The van der Waals surface area contributed by atoms with Gasteiger partial charge in [-0.3, -0.25) is 0 Å². The van der Waals surface area contributed by atoms with Crippen LogP contribution in [0.5, 0.6) is 0 Å². The van der Waals surface area contributed by atoms with Crippen LogP contribution >= 0.6 is 11.6 Å². The van der Waals surface area contributed by atoms with Gasteiger partial charge >= 0.3 is 0 Å². The minimum atomic E-state index is 0.222. The zero-order valence-corrected chi connectivity index (χ0v) is 10.1. The Balaban J connectivity index is 2.42. The Labute approximate surface area is 109 Å². The lowest BCUT2D eigenvalue weighted by atomic mass is 10.1. The van der Waals surface area contributed by atoms with Crippen molar-refractivity contribution >= 4 is 22.4 Å². The first-order chi connectivity index (χ1) is 8.77. The number of fused-ring (bicyclic) bond motifs is 1. The third-order valence-electron chi connectivity index (χ3n) is 2.82. The summed E-state index contributed by atoms with van der Waals surface area (Å²) in [4.78, 5) is 0.583. The second kappa shape index (κ2) is 4.27. The second-order valence-electron chi connectivity index (χ2n) is 3.92. The predicted molar refractivity (Wildman–Crippen MR) is 71.1 cm³/mol. The first-order valence-electron chi connectivity index (χ1n) is 5.51. The zero-order chi connectivity index (χ0) is 12.5. The minimum Gasteiger partial charge on any atom is -0.594 e. The lowest BCUT2D eigenvalue weighted by Crippen LogP contribution is -2.34. The summed E-state index contributed by atoms with van der Waals surface area (Å²) in [6.45, 7) is 0. The van der Waals surface area contributed by atoms with Crippen LogP contribution in [0.25, 0.3) is 22.0 Å². The van der Waals surface area contributed by atoms with Gasteiger partial charge in [0.05, 0.1) is 10.9 Å². The average Bonchev–Trinajstić information content (AvgIpc) is 2.40. The van der Waals surface area contributed by atoms with Crippen molar-refractivity contribution in [2.45, 2.75) is 0 Å².